The molecule has 0 spiro atoms. The first kappa shape index (κ1) is 18.0. The minimum absolute atomic E-state index is 0.0121. The summed E-state index contributed by atoms with van der Waals surface area (Å²) in [7, 11) is 1.46. The summed E-state index contributed by atoms with van der Waals surface area (Å²) in [6.45, 7) is 0. The molecule has 0 aliphatic rings. The molecule has 0 heterocycles. The number of methoxy groups -OCH3 is 1. The third-order valence-electron chi connectivity index (χ3n) is 3.40. The Balaban J connectivity index is 1.98. The van der Waals surface area contributed by atoms with Gasteiger partial charge in [-0.3, -0.25) is 9.59 Å². The van der Waals surface area contributed by atoms with E-state index in [0.29, 0.717) is 11.3 Å². The second-order valence-electron chi connectivity index (χ2n) is 5.26. The Bertz CT molecular complexity index is 816. The number of carbonyl (C=O) groups excluding carboxylic acids is 2. The van der Waals surface area contributed by atoms with Gasteiger partial charge in [0.2, 0.25) is 0 Å². The van der Waals surface area contributed by atoms with Crippen molar-refractivity contribution in [3.8, 4) is 17.2 Å². The number of benzene rings is 2. The van der Waals surface area contributed by atoms with Crippen LogP contribution in [0.1, 0.15) is 17.5 Å². The fraction of sp³-hybridized carbons (Fsp3) is 0.100. The Kier molecular flexibility index (Phi) is 6.12. The van der Waals surface area contributed by atoms with Crippen molar-refractivity contribution in [1.82, 2.24) is 0 Å². The summed E-state index contributed by atoms with van der Waals surface area (Å²) >= 11 is 0. The maximum Gasteiger partial charge on any atom is 0.163 e. The first-order valence-corrected chi connectivity index (χ1v) is 7.56. The number of phenols is 2. The molecular formula is C20H18O5. The Morgan fingerprint density at radius 3 is 2.24 bits per heavy atom. The molecule has 5 heteroatoms. The van der Waals surface area contributed by atoms with Gasteiger partial charge in [-0.2, -0.15) is 0 Å². The number of hydrogen-bond donors (Lipinski definition) is 2. The van der Waals surface area contributed by atoms with Crippen molar-refractivity contribution < 1.29 is 24.5 Å². The minimum atomic E-state index is -0.384. The van der Waals surface area contributed by atoms with Crippen LogP contribution in [-0.2, 0) is 9.59 Å². The molecule has 0 aromatic heterocycles. The van der Waals surface area contributed by atoms with E-state index >= 15 is 0 Å². The lowest BCUT2D eigenvalue weighted by atomic mass is 10.1. The predicted octanol–water partition coefficient (Wildman–Crippen LogP) is 3.36. The zero-order chi connectivity index (χ0) is 18.2. The average Bonchev–Trinajstić information content (AvgIpc) is 2.60. The van der Waals surface area contributed by atoms with E-state index in [1.54, 1.807) is 30.3 Å². The lowest BCUT2D eigenvalue weighted by molar-refractivity contribution is -0.121. The lowest BCUT2D eigenvalue weighted by Crippen LogP contribution is -2.02. The van der Waals surface area contributed by atoms with E-state index in [9.17, 15) is 19.8 Å². The number of phenolic OH excluding ortho intramolecular Hbond substituents is 2. The van der Waals surface area contributed by atoms with Crippen LogP contribution >= 0.6 is 0 Å². The molecule has 25 heavy (non-hydrogen) atoms. The van der Waals surface area contributed by atoms with Crippen LogP contribution in [0, 0.1) is 0 Å². The van der Waals surface area contributed by atoms with Gasteiger partial charge in [0, 0.05) is 0 Å². The van der Waals surface area contributed by atoms with Gasteiger partial charge < -0.3 is 14.9 Å². The molecule has 0 aliphatic carbocycles. The Hall–Kier alpha value is -3.34. The molecule has 0 radical (unpaired) electrons. The molecule has 128 valence electrons. The van der Waals surface area contributed by atoms with Crippen LogP contribution in [0.15, 0.2) is 54.6 Å². The van der Waals surface area contributed by atoms with Crippen molar-refractivity contribution in [1.29, 1.82) is 0 Å². The molecule has 0 bridgehead atoms. The van der Waals surface area contributed by atoms with Crippen molar-refractivity contribution in [2.24, 2.45) is 0 Å². The molecule has 0 unspecified atom stereocenters. The molecule has 2 aromatic carbocycles. The molecule has 2 N–H and O–H groups in total. The summed E-state index contributed by atoms with van der Waals surface area (Å²) in [5.74, 6) is -0.162. The predicted molar refractivity (Wildman–Crippen MR) is 95.5 cm³/mol. The molecule has 0 fully saturated rings. The molecule has 2 rings (SSSR count). The van der Waals surface area contributed by atoms with Crippen LogP contribution in [0.25, 0.3) is 12.2 Å². The molecule has 0 saturated carbocycles. The van der Waals surface area contributed by atoms with Crippen LogP contribution in [0.2, 0.25) is 0 Å². The van der Waals surface area contributed by atoms with Crippen LogP contribution in [0.4, 0.5) is 0 Å². The highest BCUT2D eigenvalue weighted by Crippen LogP contribution is 2.28. The zero-order valence-corrected chi connectivity index (χ0v) is 13.7. The van der Waals surface area contributed by atoms with Gasteiger partial charge in [-0.1, -0.05) is 24.3 Å². The monoisotopic (exact) mass is 338 g/mol. The van der Waals surface area contributed by atoms with Gasteiger partial charge in [0.05, 0.1) is 19.1 Å². The number of aromatic hydroxyl groups is 2. The summed E-state index contributed by atoms with van der Waals surface area (Å²) in [5.41, 5.74) is 1.12. The van der Waals surface area contributed by atoms with E-state index < -0.39 is 0 Å². The highest BCUT2D eigenvalue weighted by molar-refractivity contribution is 6.11. The summed E-state index contributed by atoms with van der Waals surface area (Å²) in [5, 5.41) is 19.0. The fourth-order valence-electron chi connectivity index (χ4n) is 2.12. The standard InChI is InChI=1S/C20H18O5/c1-25-20-4-2-3-19(24)18(20)12-11-17(23)13-16(22)10-7-14-5-8-15(21)9-6-14/h2-12,21,24H,13H2,1H3/b10-7+,12-11+. The summed E-state index contributed by atoms with van der Waals surface area (Å²) in [6, 6.07) is 11.1. The van der Waals surface area contributed by atoms with Gasteiger partial charge in [0.15, 0.2) is 11.6 Å². The highest BCUT2D eigenvalue weighted by atomic mass is 16.5. The van der Waals surface area contributed by atoms with Crippen LogP contribution in [0.5, 0.6) is 17.2 Å². The van der Waals surface area contributed by atoms with Crippen molar-refractivity contribution in [3.05, 3.63) is 65.7 Å². The maximum absolute atomic E-state index is 11.9. The van der Waals surface area contributed by atoms with Crippen molar-refractivity contribution >= 4 is 23.7 Å². The molecule has 2 aromatic rings. The van der Waals surface area contributed by atoms with Gasteiger partial charge in [-0.15, -0.1) is 0 Å². The lowest BCUT2D eigenvalue weighted by Gasteiger charge is -2.05. The first-order valence-electron chi connectivity index (χ1n) is 7.56. The van der Waals surface area contributed by atoms with Crippen molar-refractivity contribution in [2.75, 3.05) is 7.11 Å². The summed E-state index contributed by atoms with van der Waals surface area (Å²) in [6.07, 6.45) is 5.28. The number of ether oxygens (including phenoxy) is 1. The van der Waals surface area contributed by atoms with Crippen LogP contribution in [-0.4, -0.2) is 28.9 Å². The zero-order valence-electron chi connectivity index (χ0n) is 13.7. The molecule has 0 amide bonds. The van der Waals surface area contributed by atoms with Gasteiger partial charge >= 0.3 is 0 Å². The molecule has 0 saturated heterocycles. The van der Waals surface area contributed by atoms with Gasteiger partial charge in [0.25, 0.3) is 0 Å². The minimum Gasteiger partial charge on any atom is -0.508 e. The van der Waals surface area contributed by atoms with E-state index in [1.165, 1.54) is 43.5 Å². The second-order valence-corrected chi connectivity index (χ2v) is 5.26. The van der Waals surface area contributed by atoms with Crippen LogP contribution in [0.3, 0.4) is 0 Å². The smallest absolute Gasteiger partial charge is 0.163 e. The molecule has 5 nitrogen and oxygen atoms in total. The topological polar surface area (TPSA) is 83.8 Å². The molecule has 0 aliphatic heterocycles. The molecular weight excluding hydrogens is 320 g/mol. The molecule has 0 atom stereocenters. The number of ketones is 2. The third kappa shape index (κ3) is 5.35. The van der Waals surface area contributed by atoms with E-state index in [4.69, 9.17) is 4.74 Å². The van der Waals surface area contributed by atoms with Gasteiger partial charge in [0.1, 0.15) is 17.2 Å². The number of carbonyl (C=O) groups is 2. The van der Waals surface area contributed by atoms with E-state index in [2.05, 4.69) is 0 Å². The Morgan fingerprint density at radius 2 is 1.60 bits per heavy atom. The SMILES string of the molecule is COc1cccc(O)c1/C=C/C(=O)CC(=O)/C=C/c1ccc(O)cc1. The van der Waals surface area contributed by atoms with Gasteiger partial charge in [-0.25, -0.2) is 0 Å². The first-order chi connectivity index (χ1) is 12.0. The number of hydrogen-bond acceptors (Lipinski definition) is 5. The van der Waals surface area contributed by atoms with E-state index in [1.807, 2.05) is 0 Å². The Morgan fingerprint density at radius 1 is 0.960 bits per heavy atom. The van der Waals surface area contributed by atoms with E-state index in [0.717, 1.165) is 5.56 Å². The van der Waals surface area contributed by atoms with Crippen molar-refractivity contribution in [2.45, 2.75) is 6.42 Å². The number of allylic oxidation sites excluding steroid dienone is 2. The van der Waals surface area contributed by atoms with Gasteiger partial charge in [-0.05, 0) is 48.1 Å². The third-order valence-corrected chi connectivity index (χ3v) is 3.40. The number of rotatable bonds is 7. The Labute approximate surface area is 145 Å². The quantitative estimate of drug-likeness (QED) is 0.597. The average molecular weight is 338 g/mol. The highest BCUT2D eigenvalue weighted by Gasteiger charge is 2.07. The van der Waals surface area contributed by atoms with Crippen molar-refractivity contribution in [3.63, 3.8) is 0 Å². The van der Waals surface area contributed by atoms with Crippen LogP contribution < -0.4 is 4.74 Å². The normalized spacial score (nSPS) is 11.1. The fourth-order valence-corrected chi connectivity index (χ4v) is 2.12. The summed E-state index contributed by atoms with van der Waals surface area (Å²) in [4.78, 5) is 23.7. The summed E-state index contributed by atoms with van der Waals surface area (Å²) < 4.78 is 5.12. The van der Waals surface area contributed by atoms with E-state index in [-0.39, 0.29) is 29.5 Å². The largest absolute Gasteiger partial charge is 0.508 e. The maximum atomic E-state index is 11.9. The second kappa shape index (κ2) is 8.49.